The normalized spacial score (nSPS) is 24.4. The quantitative estimate of drug-likeness (QED) is 0.709. The molecule has 0 saturated carbocycles. The molecule has 0 aromatic rings. The van der Waals surface area contributed by atoms with E-state index in [-0.39, 0.29) is 0 Å². The summed E-state index contributed by atoms with van der Waals surface area (Å²) in [5.74, 6) is 1.63. The van der Waals surface area contributed by atoms with Crippen molar-refractivity contribution in [2.45, 2.75) is 45.6 Å². The summed E-state index contributed by atoms with van der Waals surface area (Å²) in [6, 6.07) is 0.669. The van der Waals surface area contributed by atoms with E-state index in [1.54, 1.807) is 0 Å². The molecule has 1 aliphatic rings. The van der Waals surface area contributed by atoms with E-state index in [4.69, 9.17) is 4.74 Å². The van der Waals surface area contributed by atoms with Crippen LogP contribution in [0.15, 0.2) is 0 Å². The van der Waals surface area contributed by atoms with E-state index in [2.05, 4.69) is 26.2 Å². The van der Waals surface area contributed by atoms with Gasteiger partial charge in [0.15, 0.2) is 0 Å². The van der Waals surface area contributed by atoms with Crippen molar-refractivity contribution >= 4 is 0 Å². The van der Waals surface area contributed by atoms with Gasteiger partial charge < -0.3 is 10.1 Å². The van der Waals surface area contributed by atoms with Crippen LogP contribution in [0.1, 0.15) is 39.5 Å². The van der Waals surface area contributed by atoms with Gasteiger partial charge in [0.2, 0.25) is 0 Å². The molecule has 1 saturated heterocycles. The molecule has 0 bridgehead atoms. The van der Waals surface area contributed by atoms with Crippen molar-refractivity contribution in [3.63, 3.8) is 0 Å². The zero-order valence-corrected chi connectivity index (χ0v) is 9.88. The summed E-state index contributed by atoms with van der Waals surface area (Å²) >= 11 is 0. The van der Waals surface area contributed by atoms with Crippen LogP contribution in [-0.4, -0.2) is 26.3 Å². The van der Waals surface area contributed by atoms with Crippen LogP contribution in [0.5, 0.6) is 0 Å². The second-order valence-electron chi connectivity index (χ2n) is 4.44. The maximum absolute atomic E-state index is 5.45. The summed E-state index contributed by atoms with van der Waals surface area (Å²) in [4.78, 5) is 0. The Morgan fingerprint density at radius 2 is 2.07 bits per heavy atom. The Morgan fingerprint density at radius 1 is 1.36 bits per heavy atom. The fourth-order valence-corrected chi connectivity index (χ4v) is 2.40. The molecule has 0 aromatic heterocycles. The van der Waals surface area contributed by atoms with Crippen LogP contribution >= 0.6 is 0 Å². The van der Waals surface area contributed by atoms with Crippen LogP contribution in [0.2, 0.25) is 0 Å². The molecular formula is C12H25NO. The first-order valence-electron chi connectivity index (χ1n) is 6.06. The van der Waals surface area contributed by atoms with E-state index in [0.29, 0.717) is 6.04 Å². The number of nitrogens with one attached hydrogen (secondary N) is 1. The second kappa shape index (κ2) is 6.41. The molecule has 2 unspecified atom stereocenters. The van der Waals surface area contributed by atoms with Gasteiger partial charge >= 0.3 is 0 Å². The molecule has 1 fully saturated rings. The Morgan fingerprint density at radius 3 is 2.50 bits per heavy atom. The van der Waals surface area contributed by atoms with E-state index in [1.807, 2.05) is 0 Å². The van der Waals surface area contributed by atoms with Crippen molar-refractivity contribution in [2.24, 2.45) is 11.8 Å². The second-order valence-corrected chi connectivity index (χ2v) is 4.44. The molecule has 0 amide bonds. The lowest BCUT2D eigenvalue weighted by Gasteiger charge is -2.25. The van der Waals surface area contributed by atoms with Gasteiger partial charge in [0.1, 0.15) is 0 Å². The predicted octanol–water partition coefficient (Wildman–Crippen LogP) is 2.44. The highest BCUT2D eigenvalue weighted by molar-refractivity contribution is 4.80. The molecule has 0 spiro atoms. The highest BCUT2D eigenvalue weighted by Crippen LogP contribution is 2.24. The van der Waals surface area contributed by atoms with Crippen LogP contribution in [0.4, 0.5) is 0 Å². The topological polar surface area (TPSA) is 21.3 Å². The van der Waals surface area contributed by atoms with Crippen molar-refractivity contribution in [2.75, 3.05) is 20.3 Å². The minimum Gasteiger partial charge on any atom is -0.381 e. The monoisotopic (exact) mass is 199 g/mol. The molecule has 1 aliphatic heterocycles. The lowest BCUT2D eigenvalue weighted by Crippen LogP contribution is -2.35. The molecule has 2 nitrogen and oxygen atoms in total. The molecule has 1 heterocycles. The van der Waals surface area contributed by atoms with Crippen LogP contribution < -0.4 is 5.32 Å². The van der Waals surface area contributed by atoms with Gasteiger partial charge in [-0.1, -0.05) is 26.7 Å². The van der Waals surface area contributed by atoms with E-state index in [0.717, 1.165) is 25.0 Å². The molecule has 1 N–H and O–H groups in total. The van der Waals surface area contributed by atoms with Gasteiger partial charge in [-0.3, -0.25) is 0 Å². The van der Waals surface area contributed by atoms with Crippen LogP contribution in [-0.2, 0) is 4.74 Å². The molecule has 0 aromatic carbocycles. The van der Waals surface area contributed by atoms with Crippen molar-refractivity contribution in [1.29, 1.82) is 0 Å². The van der Waals surface area contributed by atoms with E-state index >= 15 is 0 Å². The molecule has 0 aliphatic carbocycles. The first kappa shape index (κ1) is 12.0. The smallest absolute Gasteiger partial charge is 0.0510 e. The molecular weight excluding hydrogens is 174 g/mol. The van der Waals surface area contributed by atoms with Gasteiger partial charge in [0, 0.05) is 12.6 Å². The third-order valence-electron chi connectivity index (χ3n) is 3.65. The van der Waals surface area contributed by atoms with Gasteiger partial charge in [0.25, 0.3) is 0 Å². The highest BCUT2D eigenvalue weighted by atomic mass is 16.5. The number of hydrogen-bond acceptors (Lipinski definition) is 2. The third kappa shape index (κ3) is 3.25. The maximum atomic E-state index is 5.45. The van der Waals surface area contributed by atoms with Gasteiger partial charge in [-0.25, -0.2) is 0 Å². The Hall–Kier alpha value is -0.0800. The first-order valence-corrected chi connectivity index (χ1v) is 6.06. The summed E-state index contributed by atoms with van der Waals surface area (Å²) in [7, 11) is 2.09. The van der Waals surface area contributed by atoms with Gasteiger partial charge in [-0.2, -0.15) is 0 Å². The average molecular weight is 199 g/mol. The number of ether oxygens (including phenoxy) is 1. The summed E-state index contributed by atoms with van der Waals surface area (Å²) in [5.41, 5.74) is 0. The minimum atomic E-state index is 0.669. The Bertz CT molecular complexity index is 139. The van der Waals surface area contributed by atoms with E-state index in [9.17, 15) is 0 Å². The Labute approximate surface area is 88.4 Å². The van der Waals surface area contributed by atoms with E-state index in [1.165, 1.54) is 25.7 Å². The molecule has 2 atom stereocenters. The fourth-order valence-electron chi connectivity index (χ4n) is 2.40. The zero-order chi connectivity index (χ0) is 10.4. The number of hydrogen-bond donors (Lipinski definition) is 1. The van der Waals surface area contributed by atoms with Crippen LogP contribution in [0.3, 0.4) is 0 Å². The van der Waals surface area contributed by atoms with Crippen LogP contribution in [0.25, 0.3) is 0 Å². The predicted molar refractivity (Wildman–Crippen MR) is 60.5 cm³/mol. The Kier molecular flexibility index (Phi) is 5.49. The summed E-state index contributed by atoms with van der Waals surface area (Å²) in [5, 5.41) is 3.46. The molecule has 84 valence electrons. The number of rotatable bonds is 6. The SMILES string of the molecule is CCC(CC)CC(NC)C1CCOC1. The lowest BCUT2D eigenvalue weighted by atomic mass is 9.87. The van der Waals surface area contributed by atoms with Gasteiger partial charge in [-0.05, 0) is 31.7 Å². The van der Waals surface area contributed by atoms with Gasteiger partial charge in [0.05, 0.1) is 6.61 Å². The zero-order valence-electron chi connectivity index (χ0n) is 9.88. The standard InChI is InChI=1S/C12H25NO/c1-4-10(5-2)8-12(13-3)11-6-7-14-9-11/h10-13H,4-9H2,1-3H3. The molecule has 1 rings (SSSR count). The van der Waals surface area contributed by atoms with E-state index < -0.39 is 0 Å². The highest BCUT2D eigenvalue weighted by Gasteiger charge is 2.25. The molecule has 2 heteroatoms. The van der Waals surface area contributed by atoms with Crippen molar-refractivity contribution in [3.05, 3.63) is 0 Å². The van der Waals surface area contributed by atoms with Crippen molar-refractivity contribution in [1.82, 2.24) is 5.32 Å². The summed E-state index contributed by atoms with van der Waals surface area (Å²) in [6.07, 6.45) is 5.17. The minimum absolute atomic E-state index is 0.669. The lowest BCUT2D eigenvalue weighted by molar-refractivity contribution is 0.172. The van der Waals surface area contributed by atoms with Crippen LogP contribution in [0, 0.1) is 11.8 Å². The Balaban J connectivity index is 2.36. The first-order chi connectivity index (χ1) is 6.81. The largest absolute Gasteiger partial charge is 0.381 e. The average Bonchev–Trinajstić information content (AvgIpc) is 2.73. The molecule has 14 heavy (non-hydrogen) atoms. The third-order valence-corrected chi connectivity index (χ3v) is 3.65. The fraction of sp³-hybridized carbons (Fsp3) is 1.00. The summed E-state index contributed by atoms with van der Waals surface area (Å²) in [6.45, 7) is 6.52. The molecule has 0 radical (unpaired) electrons. The van der Waals surface area contributed by atoms with Crippen molar-refractivity contribution in [3.8, 4) is 0 Å². The summed E-state index contributed by atoms with van der Waals surface area (Å²) < 4.78 is 5.45. The maximum Gasteiger partial charge on any atom is 0.0510 e. The van der Waals surface area contributed by atoms with Crippen molar-refractivity contribution < 1.29 is 4.74 Å². The van der Waals surface area contributed by atoms with Gasteiger partial charge in [-0.15, -0.1) is 0 Å².